The standard InChI is InChI=1S/C31H40FN3O2S/c1-23(25-12-4-2-5-13-25)35-38(36,37)20-19-30(33)29-18-9-8-14-26(21-24-11-10-15-27(32)22-24)31(29)34-28-16-6-3-7-17-28/h2,4-5,10-13,15,19-20,22-23,26,28,33-35H,3,6-9,14,16-18,21H2,1H3/b20-19+,33-30?/t23-,26?/m0/s1. The lowest BCUT2D eigenvalue weighted by Gasteiger charge is -2.30. The Morgan fingerprint density at radius 1 is 1.03 bits per heavy atom. The largest absolute Gasteiger partial charge is 0.385 e. The van der Waals surface area contributed by atoms with E-state index in [-0.39, 0.29) is 23.5 Å². The van der Waals surface area contributed by atoms with Crippen molar-refractivity contribution in [3.8, 4) is 0 Å². The maximum Gasteiger partial charge on any atom is 0.234 e. The molecule has 0 amide bonds. The van der Waals surface area contributed by atoms with Crippen molar-refractivity contribution in [3.05, 3.63) is 94.3 Å². The van der Waals surface area contributed by atoms with Crippen molar-refractivity contribution in [2.75, 3.05) is 0 Å². The van der Waals surface area contributed by atoms with Crippen LogP contribution < -0.4 is 10.0 Å². The number of hydrogen-bond donors (Lipinski definition) is 3. The lowest BCUT2D eigenvalue weighted by molar-refractivity contribution is 0.373. The first-order chi connectivity index (χ1) is 18.3. The lowest BCUT2D eigenvalue weighted by Crippen LogP contribution is -2.35. The van der Waals surface area contributed by atoms with Crippen molar-refractivity contribution in [1.82, 2.24) is 10.0 Å². The van der Waals surface area contributed by atoms with E-state index >= 15 is 0 Å². The highest BCUT2D eigenvalue weighted by molar-refractivity contribution is 7.92. The molecule has 2 aliphatic carbocycles. The molecule has 2 aliphatic rings. The minimum Gasteiger partial charge on any atom is -0.385 e. The van der Waals surface area contributed by atoms with Gasteiger partial charge < -0.3 is 10.7 Å². The monoisotopic (exact) mass is 537 g/mol. The minimum atomic E-state index is -3.74. The van der Waals surface area contributed by atoms with Crippen LogP contribution in [0.5, 0.6) is 0 Å². The molecule has 0 aromatic heterocycles. The minimum absolute atomic E-state index is 0.137. The number of nitrogens with one attached hydrogen (secondary N) is 3. The van der Waals surface area contributed by atoms with Crippen LogP contribution in [0.4, 0.5) is 4.39 Å². The van der Waals surface area contributed by atoms with Crippen LogP contribution in [0.3, 0.4) is 0 Å². The first-order valence-electron chi connectivity index (χ1n) is 13.9. The molecule has 1 saturated carbocycles. The summed E-state index contributed by atoms with van der Waals surface area (Å²) in [5.41, 5.74) is 3.99. The fourth-order valence-electron chi connectivity index (χ4n) is 5.68. The lowest BCUT2D eigenvalue weighted by atomic mass is 9.88. The van der Waals surface area contributed by atoms with Gasteiger partial charge in [0.15, 0.2) is 0 Å². The van der Waals surface area contributed by atoms with E-state index in [4.69, 9.17) is 5.41 Å². The van der Waals surface area contributed by atoms with Crippen LogP contribution in [0, 0.1) is 17.1 Å². The highest BCUT2D eigenvalue weighted by atomic mass is 32.2. The Bertz CT molecular complexity index is 1250. The summed E-state index contributed by atoms with van der Waals surface area (Å²) >= 11 is 0. The van der Waals surface area contributed by atoms with E-state index in [0.29, 0.717) is 12.5 Å². The van der Waals surface area contributed by atoms with E-state index in [1.807, 2.05) is 43.3 Å². The predicted molar refractivity (Wildman–Crippen MR) is 153 cm³/mol. The molecular weight excluding hydrogens is 497 g/mol. The smallest absolute Gasteiger partial charge is 0.234 e. The van der Waals surface area contributed by atoms with Crippen molar-refractivity contribution in [2.24, 2.45) is 5.92 Å². The Balaban J connectivity index is 1.58. The summed E-state index contributed by atoms with van der Waals surface area (Å²) in [5, 5.41) is 13.8. The van der Waals surface area contributed by atoms with Gasteiger partial charge in [-0.3, -0.25) is 0 Å². The van der Waals surface area contributed by atoms with Gasteiger partial charge in [-0.1, -0.05) is 68.1 Å². The van der Waals surface area contributed by atoms with Gasteiger partial charge in [0.2, 0.25) is 10.0 Å². The number of sulfonamides is 1. The topological polar surface area (TPSA) is 82.1 Å². The molecule has 5 nitrogen and oxygen atoms in total. The van der Waals surface area contributed by atoms with E-state index in [0.717, 1.165) is 66.3 Å². The Kier molecular flexibility index (Phi) is 9.91. The van der Waals surface area contributed by atoms with E-state index in [1.165, 1.54) is 31.4 Å². The van der Waals surface area contributed by atoms with Crippen LogP contribution in [0.2, 0.25) is 0 Å². The number of benzene rings is 2. The highest BCUT2D eigenvalue weighted by Crippen LogP contribution is 2.33. The third kappa shape index (κ3) is 8.11. The quantitative estimate of drug-likeness (QED) is 0.287. The van der Waals surface area contributed by atoms with Crippen molar-refractivity contribution < 1.29 is 12.8 Å². The Hall–Kier alpha value is -2.77. The first-order valence-corrected chi connectivity index (χ1v) is 15.4. The summed E-state index contributed by atoms with van der Waals surface area (Å²) in [4.78, 5) is 0. The summed E-state index contributed by atoms with van der Waals surface area (Å²) in [6, 6.07) is 16.2. The van der Waals surface area contributed by atoms with Crippen molar-refractivity contribution in [1.29, 1.82) is 5.41 Å². The average Bonchev–Trinajstić information content (AvgIpc) is 3.10. The molecule has 0 aliphatic heterocycles. The molecule has 4 rings (SSSR count). The maximum absolute atomic E-state index is 14.0. The van der Waals surface area contributed by atoms with Gasteiger partial charge in [-0.15, -0.1) is 0 Å². The molecule has 1 fully saturated rings. The third-order valence-corrected chi connectivity index (χ3v) is 8.85. The molecule has 1 unspecified atom stereocenters. The van der Waals surface area contributed by atoms with E-state index in [1.54, 1.807) is 12.1 Å². The van der Waals surface area contributed by atoms with Gasteiger partial charge in [0.1, 0.15) is 5.82 Å². The molecule has 0 bridgehead atoms. The number of hydrogen-bond acceptors (Lipinski definition) is 4. The van der Waals surface area contributed by atoms with Gasteiger partial charge in [-0.2, -0.15) is 0 Å². The van der Waals surface area contributed by atoms with Gasteiger partial charge in [-0.05, 0) is 80.4 Å². The summed E-state index contributed by atoms with van der Waals surface area (Å²) in [5.74, 6) is -0.0990. The van der Waals surface area contributed by atoms with Gasteiger partial charge in [0.05, 0.1) is 5.71 Å². The Morgan fingerprint density at radius 2 is 1.76 bits per heavy atom. The van der Waals surface area contributed by atoms with Gasteiger partial charge >= 0.3 is 0 Å². The third-order valence-electron chi connectivity index (χ3n) is 7.68. The number of allylic oxidation sites excluding steroid dienone is 3. The van der Waals surface area contributed by atoms with Gasteiger partial charge in [0, 0.05) is 29.1 Å². The van der Waals surface area contributed by atoms with E-state index in [2.05, 4.69) is 10.0 Å². The predicted octanol–water partition coefficient (Wildman–Crippen LogP) is 6.95. The van der Waals surface area contributed by atoms with Gasteiger partial charge in [0.25, 0.3) is 0 Å². The molecule has 0 spiro atoms. The molecule has 3 N–H and O–H groups in total. The molecule has 0 heterocycles. The van der Waals surface area contributed by atoms with Crippen LogP contribution in [-0.2, 0) is 16.4 Å². The molecule has 38 heavy (non-hydrogen) atoms. The SMILES string of the molecule is C[C@H](NS(=O)(=O)/C=C/C(=N)C1=C(NC2CCCCC2)C(Cc2cccc(F)c2)CCCC1)c1ccccc1. The Morgan fingerprint density at radius 3 is 2.50 bits per heavy atom. The normalized spacial score (nSPS) is 20.3. The molecule has 2 atom stereocenters. The zero-order valence-electron chi connectivity index (χ0n) is 22.3. The van der Waals surface area contributed by atoms with Crippen molar-refractivity contribution in [2.45, 2.75) is 83.2 Å². The number of halogens is 1. The summed E-state index contributed by atoms with van der Waals surface area (Å²) in [6.45, 7) is 1.81. The second-order valence-corrected chi connectivity index (χ2v) is 12.3. The van der Waals surface area contributed by atoms with Crippen molar-refractivity contribution in [3.63, 3.8) is 0 Å². The second-order valence-electron chi connectivity index (χ2n) is 10.7. The molecule has 204 valence electrons. The molecule has 2 aromatic rings. The fourth-order valence-corrected chi connectivity index (χ4v) is 6.70. The summed E-state index contributed by atoms with van der Waals surface area (Å²) in [6.07, 6.45) is 11.6. The first kappa shape index (κ1) is 28.2. The van der Waals surface area contributed by atoms with E-state index < -0.39 is 10.0 Å². The van der Waals surface area contributed by atoms with Crippen LogP contribution >= 0.6 is 0 Å². The molecule has 0 radical (unpaired) electrons. The van der Waals surface area contributed by atoms with Crippen molar-refractivity contribution >= 4 is 15.7 Å². The second kappa shape index (κ2) is 13.3. The van der Waals surface area contributed by atoms with Crippen LogP contribution in [-0.4, -0.2) is 20.2 Å². The molecule has 0 saturated heterocycles. The molecular formula is C31H40FN3O2S. The van der Waals surface area contributed by atoms with Crippen LogP contribution in [0.25, 0.3) is 0 Å². The fraction of sp³-hybridized carbons (Fsp3) is 0.452. The average molecular weight is 538 g/mol. The zero-order valence-corrected chi connectivity index (χ0v) is 23.1. The van der Waals surface area contributed by atoms with E-state index in [9.17, 15) is 12.8 Å². The zero-order chi connectivity index (χ0) is 27.0. The van der Waals surface area contributed by atoms with Gasteiger partial charge in [-0.25, -0.2) is 17.5 Å². The number of rotatable bonds is 10. The summed E-state index contributed by atoms with van der Waals surface area (Å²) in [7, 11) is -3.74. The maximum atomic E-state index is 14.0. The highest BCUT2D eigenvalue weighted by Gasteiger charge is 2.26. The summed E-state index contributed by atoms with van der Waals surface area (Å²) < 4.78 is 42.3. The molecule has 7 heteroatoms. The Labute approximate surface area is 227 Å². The van der Waals surface area contributed by atoms with Crippen LogP contribution in [0.1, 0.15) is 81.9 Å². The molecule has 2 aromatic carbocycles. The van der Waals surface area contributed by atoms with Crippen LogP contribution in [0.15, 0.2) is 77.4 Å².